The van der Waals surface area contributed by atoms with Crippen molar-refractivity contribution in [2.75, 3.05) is 0 Å². The smallest absolute Gasteiger partial charge is 0.314 e. The van der Waals surface area contributed by atoms with Crippen LogP contribution in [0.4, 0.5) is 0 Å². The molecule has 0 aliphatic rings. The van der Waals surface area contributed by atoms with Crippen LogP contribution >= 0.6 is 8.25 Å². The zero-order chi connectivity index (χ0) is 15.8. The first kappa shape index (κ1) is 19.5. The van der Waals surface area contributed by atoms with Crippen LogP contribution in [-0.2, 0) is 14.6 Å². The highest BCUT2D eigenvalue weighted by atomic mass is 31.1. The van der Waals surface area contributed by atoms with E-state index in [2.05, 4.69) is 63.8 Å². The summed E-state index contributed by atoms with van der Waals surface area (Å²) in [5.41, 5.74) is 1.24. The van der Waals surface area contributed by atoms with E-state index in [9.17, 15) is 0 Å². The molecule has 0 fully saturated rings. The van der Waals surface area contributed by atoms with E-state index in [4.69, 9.17) is 18.8 Å². The molecular formula is C14H27O4PSi. The lowest BCUT2D eigenvalue weighted by atomic mass is 9.89. The van der Waals surface area contributed by atoms with Crippen LogP contribution in [0.5, 0.6) is 0 Å². The first-order valence-electron chi connectivity index (χ1n) is 6.84. The van der Waals surface area contributed by atoms with Crippen molar-refractivity contribution in [3.05, 3.63) is 35.9 Å². The van der Waals surface area contributed by atoms with E-state index < -0.39 is 16.6 Å². The van der Waals surface area contributed by atoms with Crippen molar-refractivity contribution in [3.63, 3.8) is 0 Å². The zero-order valence-electron chi connectivity index (χ0n) is 13.0. The minimum atomic E-state index is -3.13. The molecule has 0 radical (unpaired) electrons. The number of hydrogen-bond acceptors (Lipinski definition) is 2. The monoisotopic (exact) mass is 318 g/mol. The number of benzene rings is 1. The fourth-order valence-corrected chi connectivity index (χ4v) is 3.77. The van der Waals surface area contributed by atoms with Gasteiger partial charge in [-0.2, -0.15) is 0 Å². The van der Waals surface area contributed by atoms with Gasteiger partial charge in [0, 0.05) is 0 Å². The van der Waals surface area contributed by atoms with Gasteiger partial charge in [0.1, 0.15) is 0 Å². The molecule has 1 aromatic carbocycles. The normalized spacial score (nSPS) is 12.0. The van der Waals surface area contributed by atoms with E-state index in [0.717, 1.165) is 12.8 Å². The third-order valence-corrected chi connectivity index (χ3v) is 3.95. The summed E-state index contributed by atoms with van der Waals surface area (Å²) in [5, 5.41) is 0. The fraction of sp³-hybridized carbons (Fsp3) is 0.571. The van der Waals surface area contributed by atoms with Crippen LogP contribution in [0.2, 0.25) is 19.6 Å². The van der Waals surface area contributed by atoms with E-state index >= 15 is 0 Å². The SMILES string of the molecule is CCC(CC)(O[Si](C)(C)C)c1ccccc1.O=[PH](O)O. The molecule has 1 aromatic rings. The predicted molar refractivity (Wildman–Crippen MR) is 86.6 cm³/mol. The van der Waals surface area contributed by atoms with Gasteiger partial charge in [-0.15, -0.1) is 0 Å². The van der Waals surface area contributed by atoms with Crippen LogP contribution in [0.3, 0.4) is 0 Å². The molecule has 0 bridgehead atoms. The molecule has 20 heavy (non-hydrogen) atoms. The van der Waals surface area contributed by atoms with Crippen molar-refractivity contribution in [1.82, 2.24) is 0 Å². The molecule has 4 nitrogen and oxygen atoms in total. The Kier molecular flexibility index (Phi) is 8.55. The Labute approximate surface area is 123 Å². The lowest BCUT2D eigenvalue weighted by Gasteiger charge is -2.38. The predicted octanol–water partition coefficient (Wildman–Crippen LogP) is 3.91. The summed E-state index contributed by atoms with van der Waals surface area (Å²) in [4.78, 5) is 14.3. The average molecular weight is 318 g/mol. The van der Waals surface area contributed by atoms with Gasteiger partial charge in [0.05, 0.1) is 5.60 Å². The van der Waals surface area contributed by atoms with Gasteiger partial charge in [-0.05, 0) is 38.0 Å². The maximum absolute atomic E-state index is 8.74. The molecule has 0 saturated heterocycles. The lowest BCUT2D eigenvalue weighted by Crippen LogP contribution is -2.40. The molecule has 0 atom stereocenters. The third kappa shape index (κ3) is 7.36. The Morgan fingerprint density at radius 3 is 1.80 bits per heavy atom. The second-order valence-electron chi connectivity index (χ2n) is 5.56. The van der Waals surface area contributed by atoms with Gasteiger partial charge >= 0.3 is 8.25 Å². The van der Waals surface area contributed by atoms with Crippen molar-refractivity contribution in [1.29, 1.82) is 0 Å². The Balaban J connectivity index is 0.000000796. The summed E-state index contributed by atoms with van der Waals surface area (Å²) in [6, 6.07) is 10.6. The van der Waals surface area contributed by atoms with Gasteiger partial charge in [-0.1, -0.05) is 44.2 Å². The van der Waals surface area contributed by atoms with Gasteiger partial charge in [0.25, 0.3) is 0 Å². The standard InChI is InChI=1S/C14H24OSi.H3O3P/c1-6-14(7-2,15-16(3,4)5)13-11-9-8-10-12-13;1-4(2)3/h8-12H,6-7H2,1-5H3;4H,(H2,1,2,3). The third-order valence-electron chi connectivity index (χ3n) is 2.94. The Bertz CT molecular complexity index is 395. The molecule has 0 saturated carbocycles. The van der Waals surface area contributed by atoms with E-state index in [-0.39, 0.29) is 5.60 Å². The molecule has 116 valence electrons. The minimum absolute atomic E-state index is 0.0776. The minimum Gasteiger partial charge on any atom is -0.408 e. The first-order valence-corrected chi connectivity index (χ1v) is 11.6. The summed E-state index contributed by atoms with van der Waals surface area (Å²) in [5.74, 6) is 0. The Hall–Kier alpha value is -0.453. The molecular weight excluding hydrogens is 291 g/mol. The highest BCUT2D eigenvalue weighted by Gasteiger charge is 2.34. The van der Waals surface area contributed by atoms with Gasteiger partial charge in [-0.25, -0.2) is 0 Å². The topological polar surface area (TPSA) is 66.8 Å². The Morgan fingerprint density at radius 1 is 1.10 bits per heavy atom. The van der Waals surface area contributed by atoms with E-state index in [1.54, 1.807) is 0 Å². The molecule has 0 aliphatic heterocycles. The first-order chi connectivity index (χ1) is 9.17. The lowest BCUT2D eigenvalue weighted by molar-refractivity contribution is 0.0489. The van der Waals surface area contributed by atoms with Crippen LogP contribution in [0.25, 0.3) is 0 Å². The van der Waals surface area contributed by atoms with Crippen LogP contribution in [0.15, 0.2) is 30.3 Å². The fourth-order valence-electron chi connectivity index (χ4n) is 2.19. The van der Waals surface area contributed by atoms with Crippen LogP contribution < -0.4 is 0 Å². The van der Waals surface area contributed by atoms with E-state index in [0.29, 0.717) is 0 Å². The second-order valence-corrected chi connectivity index (χ2v) is 10.6. The number of hydrogen-bond donors (Lipinski definition) is 2. The van der Waals surface area contributed by atoms with Crippen molar-refractivity contribution < 1.29 is 18.8 Å². The van der Waals surface area contributed by atoms with Gasteiger partial charge < -0.3 is 14.2 Å². The van der Waals surface area contributed by atoms with Gasteiger partial charge in [-0.3, -0.25) is 4.57 Å². The van der Waals surface area contributed by atoms with Crippen LogP contribution in [0, 0.1) is 0 Å². The molecule has 6 heteroatoms. The Morgan fingerprint density at radius 2 is 1.50 bits per heavy atom. The van der Waals surface area contributed by atoms with Crippen LogP contribution in [-0.4, -0.2) is 18.1 Å². The zero-order valence-corrected chi connectivity index (χ0v) is 15.0. The van der Waals surface area contributed by atoms with E-state index in [1.165, 1.54) is 5.56 Å². The molecule has 0 amide bonds. The summed E-state index contributed by atoms with van der Waals surface area (Å²) in [6.45, 7) is 11.2. The van der Waals surface area contributed by atoms with Crippen molar-refractivity contribution in [2.24, 2.45) is 0 Å². The summed E-state index contributed by atoms with van der Waals surface area (Å²) >= 11 is 0. The number of rotatable bonds is 5. The quantitative estimate of drug-likeness (QED) is 0.638. The van der Waals surface area contributed by atoms with Crippen molar-refractivity contribution in [3.8, 4) is 0 Å². The molecule has 0 heterocycles. The van der Waals surface area contributed by atoms with Crippen LogP contribution in [0.1, 0.15) is 32.3 Å². The molecule has 0 unspecified atom stereocenters. The average Bonchev–Trinajstić information content (AvgIpc) is 2.35. The van der Waals surface area contributed by atoms with E-state index in [1.807, 2.05) is 0 Å². The maximum atomic E-state index is 8.74. The van der Waals surface area contributed by atoms with Gasteiger partial charge in [0.2, 0.25) is 0 Å². The summed E-state index contributed by atoms with van der Waals surface area (Å²) < 4.78 is 15.2. The molecule has 0 aliphatic carbocycles. The largest absolute Gasteiger partial charge is 0.408 e. The summed E-state index contributed by atoms with van der Waals surface area (Å²) in [7, 11) is -4.65. The maximum Gasteiger partial charge on any atom is 0.314 e. The second kappa shape index (κ2) is 8.75. The highest BCUT2D eigenvalue weighted by molar-refractivity contribution is 7.30. The van der Waals surface area contributed by atoms with Gasteiger partial charge in [0.15, 0.2) is 8.32 Å². The molecule has 2 N–H and O–H groups in total. The molecule has 0 aromatic heterocycles. The molecule has 0 spiro atoms. The van der Waals surface area contributed by atoms with Crippen molar-refractivity contribution in [2.45, 2.75) is 51.9 Å². The summed E-state index contributed by atoms with van der Waals surface area (Å²) in [6.07, 6.45) is 2.08. The highest BCUT2D eigenvalue weighted by Crippen LogP contribution is 2.35. The van der Waals surface area contributed by atoms with Crippen molar-refractivity contribution >= 4 is 16.6 Å². The molecule has 1 rings (SSSR count).